The third kappa shape index (κ3) is 3.75. The Kier molecular flexibility index (Phi) is 4.87. The molecule has 3 N–H and O–H groups in total. The molecule has 0 radical (unpaired) electrons. The second-order valence-electron chi connectivity index (χ2n) is 4.73. The van der Waals surface area contributed by atoms with Gasteiger partial charge in [-0.05, 0) is 25.0 Å². The summed E-state index contributed by atoms with van der Waals surface area (Å²) in [6.45, 7) is 1.76. The first-order chi connectivity index (χ1) is 9.92. The van der Waals surface area contributed by atoms with Gasteiger partial charge in [0.2, 0.25) is 10.0 Å². The van der Waals surface area contributed by atoms with Crippen molar-refractivity contribution in [2.75, 3.05) is 6.54 Å². The molecule has 7 heteroatoms. The highest BCUT2D eigenvalue weighted by Crippen LogP contribution is 2.16. The summed E-state index contributed by atoms with van der Waals surface area (Å²) < 4.78 is 26.4. The molecule has 2 aromatic rings. The first-order valence-corrected chi connectivity index (χ1v) is 8.47. The van der Waals surface area contributed by atoms with E-state index in [0.717, 1.165) is 16.5 Å². The van der Waals surface area contributed by atoms with Crippen LogP contribution in [-0.2, 0) is 16.4 Å². The minimum absolute atomic E-state index is 0.0330. The Bertz CT molecular complexity index is 754. The summed E-state index contributed by atoms with van der Waals surface area (Å²) in [6, 6.07) is 9.71. The molecule has 0 bridgehead atoms. The van der Waals surface area contributed by atoms with Gasteiger partial charge in [0.25, 0.3) is 0 Å². The molecule has 0 aliphatic heterocycles. The van der Waals surface area contributed by atoms with Crippen LogP contribution < -0.4 is 10.5 Å². The molecule has 1 atom stereocenters. The van der Waals surface area contributed by atoms with Crippen LogP contribution in [0.4, 0.5) is 0 Å². The van der Waals surface area contributed by atoms with Crippen molar-refractivity contribution in [1.29, 1.82) is 0 Å². The molecule has 2 rings (SSSR count). The fourth-order valence-corrected chi connectivity index (χ4v) is 3.30. The summed E-state index contributed by atoms with van der Waals surface area (Å²) >= 11 is 4.72. The van der Waals surface area contributed by atoms with Gasteiger partial charge in [0.1, 0.15) is 5.25 Å². The van der Waals surface area contributed by atoms with Gasteiger partial charge in [-0.1, -0.05) is 36.5 Å². The number of para-hydroxylation sites is 1. The number of hydrogen-bond acceptors (Lipinski definition) is 4. The zero-order valence-corrected chi connectivity index (χ0v) is 13.2. The molecular weight excluding hydrogens is 306 g/mol. The number of pyridine rings is 1. The Morgan fingerprint density at radius 3 is 2.81 bits per heavy atom. The molecule has 1 heterocycles. The van der Waals surface area contributed by atoms with E-state index in [9.17, 15) is 8.42 Å². The second kappa shape index (κ2) is 6.46. The number of benzene rings is 1. The van der Waals surface area contributed by atoms with Gasteiger partial charge in [-0.15, -0.1) is 0 Å². The van der Waals surface area contributed by atoms with Crippen LogP contribution in [0.5, 0.6) is 0 Å². The first kappa shape index (κ1) is 15.8. The zero-order valence-electron chi connectivity index (χ0n) is 11.6. The van der Waals surface area contributed by atoms with Gasteiger partial charge < -0.3 is 5.73 Å². The number of aromatic nitrogens is 1. The van der Waals surface area contributed by atoms with Crippen LogP contribution in [0.3, 0.4) is 0 Å². The highest BCUT2D eigenvalue weighted by Gasteiger charge is 2.22. The molecule has 0 amide bonds. The van der Waals surface area contributed by atoms with Crippen LogP contribution in [0, 0.1) is 0 Å². The monoisotopic (exact) mass is 323 g/mol. The van der Waals surface area contributed by atoms with E-state index in [-0.39, 0.29) is 11.5 Å². The van der Waals surface area contributed by atoms with E-state index in [1.54, 1.807) is 6.20 Å². The smallest absolute Gasteiger partial charge is 0.220 e. The number of hydrogen-bond donors (Lipinski definition) is 2. The molecule has 0 spiro atoms. The van der Waals surface area contributed by atoms with E-state index in [4.69, 9.17) is 18.0 Å². The van der Waals surface area contributed by atoms with Crippen molar-refractivity contribution in [2.24, 2.45) is 5.73 Å². The Labute approximate surface area is 129 Å². The van der Waals surface area contributed by atoms with Gasteiger partial charge in [0.15, 0.2) is 0 Å². The molecule has 0 saturated carbocycles. The fourth-order valence-electron chi connectivity index (χ4n) is 1.98. The van der Waals surface area contributed by atoms with Crippen molar-refractivity contribution in [3.8, 4) is 0 Å². The van der Waals surface area contributed by atoms with Crippen molar-refractivity contribution < 1.29 is 8.42 Å². The molecule has 0 saturated heterocycles. The van der Waals surface area contributed by atoms with E-state index in [1.807, 2.05) is 30.3 Å². The summed E-state index contributed by atoms with van der Waals surface area (Å²) in [4.78, 5) is 4.31. The third-order valence-corrected chi connectivity index (χ3v) is 5.57. The topological polar surface area (TPSA) is 85.1 Å². The lowest BCUT2D eigenvalue weighted by Gasteiger charge is -2.12. The fraction of sp³-hybridized carbons (Fsp3) is 0.286. The van der Waals surface area contributed by atoms with Gasteiger partial charge >= 0.3 is 0 Å². The number of nitrogens with two attached hydrogens (primary N) is 1. The molecule has 1 aromatic heterocycles. The summed E-state index contributed by atoms with van der Waals surface area (Å²) in [7, 11) is -3.52. The average Bonchev–Trinajstić information content (AvgIpc) is 2.46. The minimum atomic E-state index is -3.52. The normalized spacial score (nSPS) is 13.2. The van der Waals surface area contributed by atoms with E-state index in [1.165, 1.54) is 6.92 Å². The van der Waals surface area contributed by atoms with Crippen LogP contribution in [0.2, 0.25) is 0 Å². The van der Waals surface area contributed by atoms with Gasteiger partial charge in [-0.3, -0.25) is 4.98 Å². The van der Waals surface area contributed by atoms with Crippen molar-refractivity contribution >= 4 is 38.1 Å². The Hall–Kier alpha value is -1.57. The van der Waals surface area contributed by atoms with Crippen LogP contribution in [0.25, 0.3) is 10.9 Å². The van der Waals surface area contributed by atoms with Gasteiger partial charge in [0.05, 0.1) is 10.5 Å². The van der Waals surface area contributed by atoms with E-state index < -0.39 is 15.3 Å². The highest BCUT2D eigenvalue weighted by atomic mass is 32.2. The van der Waals surface area contributed by atoms with Crippen molar-refractivity contribution in [2.45, 2.75) is 18.6 Å². The lowest BCUT2D eigenvalue weighted by atomic mass is 10.1. The standard InChI is InChI=1S/C14H17N3O2S2/c1-10(14(15)20)21(18,19)17-9-7-12-5-2-4-11-6-3-8-16-13(11)12/h2-6,8,10,17H,7,9H2,1H3,(H2,15,20). The molecule has 5 nitrogen and oxygen atoms in total. The molecule has 21 heavy (non-hydrogen) atoms. The molecule has 1 unspecified atom stereocenters. The quantitative estimate of drug-likeness (QED) is 0.784. The van der Waals surface area contributed by atoms with E-state index in [0.29, 0.717) is 6.42 Å². The molecule has 0 aliphatic carbocycles. The number of nitrogens with zero attached hydrogens (tertiary/aromatic N) is 1. The third-order valence-electron chi connectivity index (χ3n) is 3.28. The lowest BCUT2D eigenvalue weighted by molar-refractivity contribution is 0.578. The van der Waals surface area contributed by atoms with Crippen molar-refractivity contribution in [3.63, 3.8) is 0 Å². The van der Waals surface area contributed by atoms with Crippen LogP contribution in [0.1, 0.15) is 12.5 Å². The van der Waals surface area contributed by atoms with Crippen molar-refractivity contribution in [1.82, 2.24) is 9.71 Å². The lowest BCUT2D eigenvalue weighted by Crippen LogP contribution is -2.40. The SMILES string of the molecule is CC(C(N)=S)S(=O)(=O)NCCc1cccc2cccnc12. The maximum absolute atomic E-state index is 11.9. The minimum Gasteiger partial charge on any atom is -0.392 e. The summed E-state index contributed by atoms with van der Waals surface area (Å²) in [5.74, 6) is 0. The second-order valence-corrected chi connectivity index (χ2v) is 7.28. The summed E-state index contributed by atoms with van der Waals surface area (Å²) in [6.07, 6.45) is 2.28. The largest absolute Gasteiger partial charge is 0.392 e. The number of sulfonamides is 1. The van der Waals surface area contributed by atoms with Crippen LogP contribution >= 0.6 is 12.2 Å². The Morgan fingerprint density at radius 2 is 2.10 bits per heavy atom. The molecule has 0 aliphatic rings. The van der Waals surface area contributed by atoms with Crippen molar-refractivity contribution in [3.05, 3.63) is 42.1 Å². The number of fused-ring (bicyclic) bond motifs is 1. The number of nitrogens with one attached hydrogen (secondary N) is 1. The molecule has 1 aromatic carbocycles. The van der Waals surface area contributed by atoms with Gasteiger partial charge in [0, 0.05) is 18.1 Å². The predicted molar refractivity (Wildman–Crippen MR) is 88.6 cm³/mol. The number of thiocarbonyl (C=S) groups is 1. The van der Waals surface area contributed by atoms with Crippen LogP contribution in [-0.4, -0.2) is 30.2 Å². The van der Waals surface area contributed by atoms with Gasteiger partial charge in [-0.2, -0.15) is 0 Å². The first-order valence-electron chi connectivity index (χ1n) is 6.52. The Morgan fingerprint density at radius 1 is 1.38 bits per heavy atom. The zero-order chi connectivity index (χ0) is 15.5. The average molecular weight is 323 g/mol. The Balaban J connectivity index is 2.08. The summed E-state index contributed by atoms with van der Waals surface area (Å²) in [5.41, 5.74) is 7.27. The van der Waals surface area contributed by atoms with Crippen LogP contribution in [0.15, 0.2) is 36.5 Å². The number of rotatable bonds is 6. The molecule has 112 valence electrons. The van der Waals surface area contributed by atoms with E-state index >= 15 is 0 Å². The summed E-state index contributed by atoms with van der Waals surface area (Å²) in [5, 5.41) is 0.160. The highest BCUT2D eigenvalue weighted by molar-refractivity contribution is 7.93. The molecular formula is C14H17N3O2S2. The van der Waals surface area contributed by atoms with Gasteiger partial charge in [-0.25, -0.2) is 13.1 Å². The maximum atomic E-state index is 11.9. The molecule has 0 fully saturated rings. The predicted octanol–water partition coefficient (Wildman–Crippen LogP) is 1.37. The maximum Gasteiger partial charge on any atom is 0.220 e. The van der Waals surface area contributed by atoms with E-state index in [2.05, 4.69) is 9.71 Å².